The summed E-state index contributed by atoms with van der Waals surface area (Å²) in [6, 6.07) is 10.4. The molecule has 21 heavy (non-hydrogen) atoms. The molecule has 0 atom stereocenters. The lowest BCUT2D eigenvalue weighted by atomic mass is 10.1. The van der Waals surface area contributed by atoms with Crippen LogP contribution in [0.3, 0.4) is 0 Å². The summed E-state index contributed by atoms with van der Waals surface area (Å²) in [7, 11) is 1.69. The van der Waals surface area contributed by atoms with E-state index in [1.165, 1.54) is 5.56 Å². The number of amides is 1. The fourth-order valence-corrected chi connectivity index (χ4v) is 1.69. The first-order chi connectivity index (χ1) is 9.61. The largest absolute Gasteiger partial charge is 0.354 e. The molecule has 5 nitrogen and oxygen atoms in total. The zero-order chi connectivity index (χ0) is 14.8. The first-order valence-corrected chi connectivity index (χ1v) is 6.89. The maximum atomic E-state index is 11.7. The molecule has 118 valence electrons. The number of nitrogens with one attached hydrogen (secondary N) is 3. The molecule has 0 aromatic heterocycles. The second-order valence-corrected chi connectivity index (χ2v) is 4.81. The molecular weight excluding hydrogens is 379 g/mol. The van der Waals surface area contributed by atoms with Gasteiger partial charge in [0.1, 0.15) is 0 Å². The van der Waals surface area contributed by atoms with Gasteiger partial charge in [0.05, 0.1) is 6.54 Å². The van der Waals surface area contributed by atoms with Crippen LogP contribution in [0.2, 0.25) is 0 Å². The third kappa shape index (κ3) is 9.28. The van der Waals surface area contributed by atoms with Crippen LogP contribution < -0.4 is 16.0 Å². The summed E-state index contributed by atoms with van der Waals surface area (Å²) in [5.74, 6) is 0.603. The predicted molar refractivity (Wildman–Crippen MR) is 98.2 cm³/mol. The van der Waals surface area contributed by atoms with E-state index in [1.807, 2.05) is 32.0 Å². The van der Waals surface area contributed by atoms with E-state index in [0.717, 1.165) is 6.42 Å². The second kappa shape index (κ2) is 11.4. The number of hydrogen-bond acceptors (Lipinski definition) is 2. The Balaban J connectivity index is 0.00000400. The summed E-state index contributed by atoms with van der Waals surface area (Å²) in [5, 5.41) is 8.98. The van der Waals surface area contributed by atoms with Crippen LogP contribution in [0.4, 0.5) is 0 Å². The van der Waals surface area contributed by atoms with E-state index in [-0.39, 0.29) is 42.5 Å². The fraction of sp³-hybridized carbons (Fsp3) is 0.467. The van der Waals surface area contributed by atoms with Crippen LogP contribution in [0.25, 0.3) is 0 Å². The smallest absolute Gasteiger partial charge is 0.239 e. The van der Waals surface area contributed by atoms with Gasteiger partial charge in [-0.2, -0.15) is 0 Å². The Morgan fingerprint density at radius 1 is 1.19 bits per heavy atom. The molecule has 0 aliphatic heterocycles. The lowest BCUT2D eigenvalue weighted by Gasteiger charge is -2.14. The van der Waals surface area contributed by atoms with E-state index >= 15 is 0 Å². The molecule has 0 saturated heterocycles. The summed E-state index contributed by atoms with van der Waals surface area (Å²) in [4.78, 5) is 15.7. The zero-order valence-corrected chi connectivity index (χ0v) is 15.2. The van der Waals surface area contributed by atoms with Crippen LogP contribution in [0.1, 0.15) is 19.4 Å². The minimum absolute atomic E-state index is 0. The first-order valence-electron chi connectivity index (χ1n) is 6.89. The van der Waals surface area contributed by atoms with E-state index in [2.05, 4.69) is 33.1 Å². The van der Waals surface area contributed by atoms with Gasteiger partial charge in [-0.1, -0.05) is 30.3 Å². The van der Waals surface area contributed by atoms with Crippen LogP contribution in [-0.2, 0) is 11.2 Å². The van der Waals surface area contributed by atoms with Crippen molar-refractivity contribution >= 4 is 35.8 Å². The number of nitrogens with zero attached hydrogens (tertiary/aromatic N) is 1. The highest BCUT2D eigenvalue weighted by Gasteiger charge is 2.04. The van der Waals surface area contributed by atoms with Crippen molar-refractivity contribution in [1.29, 1.82) is 0 Å². The van der Waals surface area contributed by atoms with Gasteiger partial charge >= 0.3 is 0 Å². The van der Waals surface area contributed by atoms with E-state index in [1.54, 1.807) is 7.05 Å². The van der Waals surface area contributed by atoms with Crippen molar-refractivity contribution in [1.82, 2.24) is 16.0 Å². The maximum absolute atomic E-state index is 11.7. The topological polar surface area (TPSA) is 65.5 Å². The Morgan fingerprint density at radius 3 is 2.43 bits per heavy atom. The summed E-state index contributed by atoms with van der Waals surface area (Å²) in [6.45, 7) is 4.90. The third-order valence-corrected chi connectivity index (χ3v) is 2.64. The molecule has 0 bridgehead atoms. The van der Waals surface area contributed by atoms with Gasteiger partial charge in [0, 0.05) is 19.6 Å². The number of guanidine groups is 1. The van der Waals surface area contributed by atoms with Gasteiger partial charge in [0.15, 0.2) is 5.96 Å². The molecule has 0 unspecified atom stereocenters. The van der Waals surface area contributed by atoms with E-state index < -0.39 is 0 Å². The van der Waals surface area contributed by atoms with Gasteiger partial charge < -0.3 is 16.0 Å². The molecule has 0 fully saturated rings. The number of carbonyl (C=O) groups is 1. The molecule has 3 N–H and O–H groups in total. The van der Waals surface area contributed by atoms with Crippen molar-refractivity contribution in [2.75, 3.05) is 20.1 Å². The molecule has 0 heterocycles. The van der Waals surface area contributed by atoms with E-state index in [4.69, 9.17) is 0 Å². The minimum Gasteiger partial charge on any atom is -0.354 e. The molecule has 0 radical (unpaired) electrons. The van der Waals surface area contributed by atoms with Crippen molar-refractivity contribution in [3.8, 4) is 0 Å². The highest BCUT2D eigenvalue weighted by Crippen LogP contribution is 1.97. The van der Waals surface area contributed by atoms with Crippen LogP contribution in [-0.4, -0.2) is 38.0 Å². The van der Waals surface area contributed by atoms with Gasteiger partial charge in [-0.3, -0.25) is 9.79 Å². The van der Waals surface area contributed by atoms with Gasteiger partial charge in [0.2, 0.25) is 5.91 Å². The summed E-state index contributed by atoms with van der Waals surface area (Å²) in [6.07, 6.45) is 0.839. The van der Waals surface area contributed by atoms with E-state index in [0.29, 0.717) is 12.5 Å². The second-order valence-electron chi connectivity index (χ2n) is 4.81. The molecule has 0 spiro atoms. The number of aliphatic imine (C=N–C) groups is 1. The number of halogens is 1. The van der Waals surface area contributed by atoms with Crippen molar-refractivity contribution in [2.24, 2.45) is 4.99 Å². The fourth-order valence-electron chi connectivity index (χ4n) is 1.69. The van der Waals surface area contributed by atoms with Crippen molar-refractivity contribution in [2.45, 2.75) is 26.3 Å². The quantitative estimate of drug-likeness (QED) is 0.383. The summed E-state index contributed by atoms with van der Waals surface area (Å²) in [5.41, 5.74) is 1.22. The Bertz CT molecular complexity index is 435. The molecule has 1 aromatic carbocycles. The summed E-state index contributed by atoms with van der Waals surface area (Å²) < 4.78 is 0. The van der Waals surface area contributed by atoms with Crippen LogP contribution in [0, 0.1) is 0 Å². The van der Waals surface area contributed by atoms with Gasteiger partial charge in [-0.05, 0) is 25.8 Å². The number of rotatable bonds is 6. The highest BCUT2D eigenvalue weighted by atomic mass is 127. The van der Waals surface area contributed by atoms with Crippen molar-refractivity contribution in [3.05, 3.63) is 35.9 Å². The number of benzene rings is 1. The number of hydrogen-bond donors (Lipinski definition) is 3. The Labute approximate surface area is 144 Å². The zero-order valence-electron chi connectivity index (χ0n) is 12.8. The average molecular weight is 404 g/mol. The Hall–Kier alpha value is -1.31. The molecule has 1 rings (SSSR count). The average Bonchev–Trinajstić information content (AvgIpc) is 2.44. The maximum Gasteiger partial charge on any atom is 0.239 e. The molecule has 1 amide bonds. The predicted octanol–water partition coefficient (Wildman–Crippen LogP) is 1.54. The molecule has 0 aliphatic rings. The summed E-state index contributed by atoms with van der Waals surface area (Å²) >= 11 is 0. The van der Waals surface area contributed by atoms with Gasteiger partial charge in [-0.15, -0.1) is 24.0 Å². The lowest BCUT2D eigenvalue weighted by molar-refractivity contribution is -0.119. The van der Waals surface area contributed by atoms with Crippen LogP contribution in [0.5, 0.6) is 0 Å². The monoisotopic (exact) mass is 404 g/mol. The molecule has 0 saturated carbocycles. The normalized spacial score (nSPS) is 10.8. The molecule has 1 aromatic rings. The van der Waals surface area contributed by atoms with Crippen molar-refractivity contribution in [3.63, 3.8) is 0 Å². The first kappa shape index (κ1) is 19.7. The number of carbonyl (C=O) groups excluding carboxylic acids is 1. The molecule has 0 aliphatic carbocycles. The molecule has 6 heteroatoms. The SMILES string of the molecule is CN=C(NCC(=O)NCCc1ccccc1)NC(C)C.I. The lowest BCUT2D eigenvalue weighted by Crippen LogP contribution is -2.45. The Morgan fingerprint density at radius 2 is 1.86 bits per heavy atom. The minimum atomic E-state index is -0.0346. The van der Waals surface area contributed by atoms with Gasteiger partial charge in [0.25, 0.3) is 0 Å². The van der Waals surface area contributed by atoms with Gasteiger partial charge in [-0.25, -0.2) is 0 Å². The molecular formula is C15H25IN4O. The highest BCUT2D eigenvalue weighted by molar-refractivity contribution is 14.0. The standard InChI is InChI=1S/C15H24N4O.HI/c1-12(2)19-15(16-3)18-11-14(20)17-10-9-13-7-5-4-6-8-13;/h4-8,12H,9-11H2,1-3H3,(H,17,20)(H2,16,18,19);1H. The van der Waals surface area contributed by atoms with Crippen molar-refractivity contribution < 1.29 is 4.79 Å². The van der Waals surface area contributed by atoms with E-state index in [9.17, 15) is 4.79 Å². The van der Waals surface area contributed by atoms with Crippen LogP contribution >= 0.6 is 24.0 Å². The Kier molecular flexibility index (Phi) is 10.7. The third-order valence-electron chi connectivity index (χ3n) is 2.64. The van der Waals surface area contributed by atoms with Crippen LogP contribution in [0.15, 0.2) is 35.3 Å².